The lowest BCUT2D eigenvalue weighted by atomic mass is 9.87. The van der Waals surface area contributed by atoms with E-state index in [0.717, 1.165) is 55.6 Å². The maximum absolute atomic E-state index is 15.3. The molecule has 5 heteroatoms. The molecular formula is C35H31FNO2P. The summed E-state index contributed by atoms with van der Waals surface area (Å²) in [7, 11) is -3.13. The van der Waals surface area contributed by atoms with Gasteiger partial charge in [0.05, 0.1) is 12.3 Å². The van der Waals surface area contributed by atoms with Crippen molar-refractivity contribution in [3.63, 3.8) is 0 Å². The summed E-state index contributed by atoms with van der Waals surface area (Å²) in [5.74, 6) is 0.582. The number of rotatable bonds is 6. The highest BCUT2D eigenvalue weighted by molar-refractivity contribution is 7.78. The lowest BCUT2D eigenvalue weighted by molar-refractivity contribution is 0.326. The number of halogens is 1. The van der Waals surface area contributed by atoms with Crippen LogP contribution in [0.2, 0.25) is 0 Å². The van der Waals surface area contributed by atoms with E-state index in [0.29, 0.717) is 19.2 Å². The van der Waals surface area contributed by atoms with Gasteiger partial charge >= 0.3 is 0 Å². The van der Waals surface area contributed by atoms with Gasteiger partial charge in [-0.3, -0.25) is 4.98 Å². The van der Waals surface area contributed by atoms with Gasteiger partial charge in [0.25, 0.3) is 0 Å². The number of pyridine rings is 1. The van der Waals surface area contributed by atoms with Crippen molar-refractivity contribution in [3.8, 4) is 28.1 Å². The molecule has 0 saturated heterocycles. The maximum Gasteiger partial charge on any atom is 0.147 e. The first-order valence-electron chi connectivity index (χ1n) is 13.7. The fourth-order valence-corrected chi connectivity index (χ4v) is 8.43. The van der Waals surface area contributed by atoms with Crippen LogP contribution in [-0.2, 0) is 17.1 Å². The topological polar surface area (TPSA) is 39.2 Å². The van der Waals surface area contributed by atoms with Gasteiger partial charge in [0, 0.05) is 34.4 Å². The van der Waals surface area contributed by atoms with Crippen LogP contribution in [0.3, 0.4) is 0 Å². The fourth-order valence-electron chi connectivity index (χ4n) is 5.70. The summed E-state index contributed by atoms with van der Waals surface area (Å²) in [6.45, 7) is 4.75. The summed E-state index contributed by atoms with van der Waals surface area (Å²) in [4.78, 5) is 5.31. The summed E-state index contributed by atoms with van der Waals surface area (Å²) in [6, 6.07) is 34.1. The molecule has 3 nitrogen and oxygen atoms in total. The highest BCUT2D eigenvalue weighted by Gasteiger charge is 2.33. The fraction of sp³-hybridized carbons (Fsp3) is 0.171. The van der Waals surface area contributed by atoms with Crippen molar-refractivity contribution < 1.29 is 13.7 Å². The van der Waals surface area contributed by atoms with E-state index in [4.69, 9.17) is 9.72 Å². The van der Waals surface area contributed by atoms with Crippen LogP contribution >= 0.6 is 7.14 Å². The Bertz CT molecular complexity index is 1660. The molecule has 0 fully saturated rings. The monoisotopic (exact) mass is 547 g/mol. The Labute approximate surface area is 235 Å². The van der Waals surface area contributed by atoms with Gasteiger partial charge in [0.1, 0.15) is 18.7 Å². The van der Waals surface area contributed by atoms with Crippen LogP contribution in [0.4, 0.5) is 4.39 Å². The summed E-state index contributed by atoms with van der Waals surface area (Å²) in [5, 5.41) is 1.62. The Morgan fingerprint density at radius 2 is 1.43 bits per heavy atom. The normalized spacial score (nSPS) is 12.8. The number of benzene rings is 4. The molecule has 0 aliphatic carbocycles. The van der Waals surface area contributed by atoms with Gasteiger partial charge in [-0.05, 0) is 52.4 Å². The number of fused-ring (bicyclic) bond motifs is 3. The summed E-state index contributed by atoms with van der Waals surface area (Å²) >= 11 is 0. The highest BCUT2D eigenvalue weighted by Crippen LogP contribution is 2.51. The molecule has 0 radical (unpaired) electrons. The zero-order chi connectivity index (χ0) is 27.7. The van der Waals surface area contributed by atoms with Crippen LogP contribution in [-0.4, -0.2) is 11.6 Å². The van der Waals surface area contributed by atoms with Gasteiger partial charge in [0.15, 0.2) is 0 Å². The molecule has 0 spiro atoms. The van der Waals surface area contributed by atoms with Crippen LogP contribution in [0.5, 0.6) is 5.75 Å². The standard InChI is InChI=1S/C35H31FNO2P/c1-24(2)34-31(23-40(38,27-11-5-3-6-12-27)28-13-7-4-8-14-28)33(25-17-19-26(36)20-18-25)30-21-22-39-32-16-10-9-15-29(32)35(30)37-34/h3-20,24H,21-23H2,1-2H3. The largest absolute Gasteiger partial charge is 0.493 e. The lowest BCUT2D eigenvalue weighted by Gasteiger charge is -2.27. The molecule has 2 heterocycles. The number of ether oxygens (including phenoxy) is 1. The van der Waals surface area contributed by atoms with Crippen molar-refractivity contribution >= 4 is 17.8 Å². The molecule has 0 amide bonds. The molecule has 0 N–H and O–H groups in total. The van der Waals surface area contributed by atoms with Gasteiger partial charge in [0.2, 0.25) is 0 Å². The number of hydrogen-bond donors (Lipinski definition) is 0. The van der Waals surface area contributed by atoms with Crippen molar-refractivity contribution in [2.45, 2.75) is 32.3 Å². The van der Waals surface area contributed by atoms with E-state index in [9.17, 15) is 4.39 Å². The molecule has 0 unspecified atom stereocenters. The van der Waals surface area contributed by atoms with E-state index in [2.05, 4.69) is 13.8 Å². The third-order valence-corrected chi connectivity index (χ3v) is 10.6. The van der Waals surface area contributed by atoms with Gasteiger partial charge in [-0.25, -0.2) is 4.39 Å². The van der Waals surface area contributed by atoms with Crippen LogP contribution in [0.15, 0.2) is 109 Å². The predicted octanol–water partition coefficient (Wildman–Crippen LogP) is 8.13. The van der Waals surface area contributed by atoms with E-state index >= 15 is 4.57 Å². The van der Waals surface area contributed by atoms with Gasteiger partial charge < -0.3 is 9.30 Å². The van der Waals surface area contributed by atoms with Crippen molar-refractivity contribution in [1.82, 2.24) is 4.98 Å². The van der Waals surface area contributed by atoms with E-state index in [1.165, 1.54) is 12.1 Å². The first kappa shape index (κ1) is 26.2. The molecule has 0 saturated carbocycles. The molecule has 4 aromatic carbocycles. The molecule has 200 valence electrons. The smallest absolute Gasteiger partial charge is 0.147 e. The lowest BCUT2D eigenvalue weighted by Crippen LogP contribution is -2.19. The molecule has 40 heavy (non-hydrogen) atoms. The second kappa shape index (κ2) is 10.9. The predicted molar refractivity (Wildman–Crippen MR) is 162 cm³/mol. The number of nitrogens with zero attached hydrogens (tertiary/aromatic N) is 1. The third-order valence-electron chi connectivity index (χ3n) is 7.59. The van der Waals surface area contributed by atoms with Gasteiger partial charge in [-0.1, -0.05) is 98.8 Å². The zero-order valence-corrected chi connectivity index (χ0v) is 23.6. The minimum atomic E-state index is -3.13. The Hall–Kier alpha value is -4.01. The Balaban J connectivity index is 1.68. The summed E-state index contributed by atoms with van der Waals surface area (Å²) in [5.41, 5.74) is 6.61. The minimum Gasteiger partial charge on any atom is -0.493 e. The zero-order valence-electron chi connectivity index (χ0n) is 22.7. The number of hydrogen-bond acceptors (Lipinski definition) is 3. The Morgan fingerprint density at radius 1 is 0.825 bits per heavy atom. The molecule has 6 rings (SSSR count). The molecule has 0 atom stereocenters. The van der Waals surface area contributed by atoms with Gasteiger partial charge in [-0.15, -0.1) is 0 Å². The van der Waals surface area contributed by atoms with E-state index in [1.807, 2.05) is 97.1 Å². The maximum atomic E-state index is 15.3. The van der Waals surface area contributed by atoms with Crippen LogP contribution in [0.25, 0.3) is 22.4 Å². The second-order valence-electron chi connectivity index (χ2n) is 10.5. The van der Waals surface area contributed by atoms with Crippen molar-refractivity contribution in [1.29, 1.82) is 0 Å². The average Bonchev–Trinajstić information content (AvgIpc) is 3.17. The van der Waals surface area contributed by atoms with Crippen LogP contribution in [0.1, 0.15) is 36.6 Å². The summed E-state index contributed by atoms with van der Waals surface area (Å²) < 4.78 is 35.6. The first-order valence-corrected chi connectivity index (χ1v) is 15.6. The van der Waals surface area contributed by atoms with Gasteiger partial charge in [-0.2, -0.15) is 0 Å². The molecular weight excluding hydrogens is 516 g/mol. The quantitative estimate of drug-likeness (QED) is 0.202. The SMILES string of the molecule is CC(C)c1nc2c(c(-c3ccc(F)cc3)c1CP(=O)(c1ccccc1)c1ccccc1)CCOc1ccccc1-2. The molecule has 0 bridgehead atoms. The average molecular weight is 548 g/mol. The van der Waals surface area contributed by atoms with Crippen molar-refractivity contribution in [3.05, 3.63) is 132 Å². The minimum absolute atomic E-state index is 0.0656. The molecule has 5 aromatic rings. The summed E-state index contributed by atoms with van der Waals surface area (Å²) in [6.07, 6.45) is 0.945. The van der Waals surface area contributed by atoms with Crippen molar-refractivity contribution in [2.24, 2.45) is 0 Å². The third kappa shape index (κ3) is 4.78. The number of para-hydroxylation sites is 1. The second-order valence-corrected chi connectivity index (χ2v) is 13.3. The van der Waals surface area contributed by atoms with E-state index in [1.54, 1.807) is 0 Å². The Kier molecular flexibility index (Phi) is 7.12. The number of aromatic nitrogens is 1. The van der Waals surface area contributed by atoms with Crippen LogP contribution in [0, 0.1) is 5.82 Å². The Morgan fingerprint density at radius 3 is 2.05 bits per heavy atom. The van der Waals surface area contributed by atoms with E-state index in [-0.39, 0.29) is 11.7 Å². The molecule has 1 aromatic heterocycles. The van der Waals surface area contributed by atoms with Crippen molar-refractivity contribution in [2.75, 3.05) is 6.61 Å². The highest BCUT2D eigenvalue weighted by atomic mass is 31.2. The van der Waals surface area contributed by atoms with E-state index < -0.39 is 7.14 Å². The molecule has 1 aliphatic heterocycles. The molecule has 1 aliphatic rings. The van der Waals surface area contributed by atoms with Crippen LogP contribution < -0.4 is 15.3 Å². The first-order chi connectivity index (χ1) is 19.5.